The van der Waals surface area contributed by atoms with Crippen molar-refractivity contribution < 1.29 is 0 Å². The van der Waals surface area contributed by atoms with Crippen molar-refractivity contribution >= 4 is 86.1 Å². The summed E-state index contributed by atoms with van der Waals surface area (Å²) in [7, 11) is -4.26. The summed E-state index contributed by atoms with van der Waals surface area (Å²) in [6.07, 6.45) is 4.51. The van der Waals surface area contributed by atoms with E-state index in [0.717, 1.165) is 11.4 Å². The number of para-hydroxylation sites is 1. The first-order valence-corrected chi connectivity index (χ1v) is 32.4. The smallest absolute Gasteiger partial charge is 0.0775 e. The number of hydrogen-bond acceptors (Lipinski definition) is 2. The highest BCUT2D eigenvalue weighted by atomic mass is 28.3. The number of rotatable bonds is 11. The predicted molar refractivity (Wildman–Crippen MR) is 278 cm³/mol. The van der Waals surface area contributed by atoms with Crippen molar-refractivity contribution in [1.82, 2.24) is 0 Å². The molecule has 0 unspecified atom stereocenters. The molecule has 308 valence electrons. The molecule has 8 rings (SSSR count). The van der Waals surface area contributed by atoms with Crippen molar-refractivity contribution in [2.75, 3.05) is 9.80 Å². The van der Waals surface area contributed by atoms with Gasteiger partial charge in [-0.3, -0.25) is 0 Å². The minimum atomic E-state index is -1.43. The van der Waals surface area contributed by atoms with Gasteiger partial charge in [0, 0.05) is 39.5 Å². The second-order valence-corrected chi connectivity index (χ2v) is 35.7. The SMILES string of the molecule is CC1(C)c2cc(/C=C/c3ccc(N(c4ccccc4)c4ccc([Si](C)(C)C)cc4)cc3)ccc2-c2ccc(N(c3ccc([Si](C)(C)C)cc3)c3ccc([Si](C)(C)C)cc3)cc21. The van der Waals surface area contributed by atoms with Gasteiger partial charge in [-0.1, -0.05) is 191 Å². The Hall–Kier alpha value is -5.47. The molecule has 7 aromatic carbocycles. The molecule has 0 fully saturated rings. The fraction of sp³-hybridized carbons (Fsp3) is 0.214. The van der Waals surface area contributed by atoms with Crippen molar-refractivity contribution in [2.24, 2.45) is 0 Å². The lowest BCUT2D eigenvalue weighted by Gasteiger charge is -2.29. The quantitative estimate of drug-likeness (QED) is 0.0945. The molecule has 0 saturated carbocycles. The Bertz CT molecular complexity index is 2620. The number of hydrogen-bond donors (Lipinski definition) is 0. The monoisotopic (exact) mass is 846 g/mol. The third-order valence-electron chi connectivity index (χ3n) is 12.6. The zero-order chi connectivity index (χ0) is 43.3. The fourth-order valence-corrected chi connectivity index (χ4v) is 12.2. The van der Waals surface area contributed by atoms with Gasteiger partial charge in [0.2, 0.25) is 0 Å². The summed E-state index contributed by atoms with van der Waals surface area (Å²) in [4.78, 5) is 4.80. The van der Waals surface area contributed by atoms with Gasteiger partial charge in [-0.25, -0.2) is 0 Å². The summed E-state index contributed by atoms with van der Waals surface area (Å²) in [5.74, 6) is 0. The van der Waals surface area contributed by atoms with Crippen LogP contribution < -0.4 is 25.4 Å². The van der Waals surface area contributed by atoms with Gasteiger partial charge < -0.3 is 9.80 Å². The van der Waals surface area contributed by atoms with Crippen LogP contribution in [0.4, 0.5) is 34.1 Å². The van der Waals surface area contributed by atoms with E-state index >= 15 is 0 Å². The lowest BCUT2D eigenvalue weighted by atomic mass is 9.81. The van der Waals surface area contributed by atoms with Crippen molar-refractivity contribution in [2.45, 2.75) is 78.2 Å². The number of fused-ring (bicyclic) bond motifs is 3. The van der Waals surface area contributed by atoms with E-state index in [2.05, 4.69) is 259 Å². The molecule has 0 spiro atoms. The maximum Gasteiger partial charge on any atom is 0.0775 e. The molecule has 0 atom stereocenters. The first kappa shape index (κ1) is 42.2. The molecule has 0 heterocycles. The average molecular weight is 847 g/mol. The molecule has 0 N–H and O–H groups in total. The van der Waals surface area contributed by atoms with Gasteiger partial charge in [0.15, 0.2) is 0 Å². The van der Waals surface area contributed by atoms with Gasteiger partial charge in [-0.2, -0.15) is 0 Å². The summed E-state index contributed by atoms with van der Waals surface area (Å²) in [6.45, 7) is 26.5. The topological polar surface area (TPSA) is 6.48 Å². The Labute approximate surface area is 369 Å². The average Bonchev–Trinajstić information content (AvgIpc) is 3.45. The van der Waals surface area contributed by atoms with Gasteiger partial charge >= 0.3 is 0 Å². The summed E-state index contributed by atoms with van der Waals surface area (Å²) in [5, 5.41) is 4.43. The largest absolute Gasteiger partial charge is 0.311 e. The number of nitrogens with zero attached hydrogens (tertiary/aromatic N) is 2. The zero-order valence-corrected chi connectivity index (χ0v) is 41.1. The van der Waals surface area contributed by atoms with Crippen LogP contribution in [0.1, 0.15) is 36.1 Å². The Balaban J connectivity index is 1.07. The molecule has 61 heavy (non-hydrogen) atoms. The molecule has 5 heteroatoms. The van der Waals surface area contributed by atoms with E-state index in [1.165, 1.54) is 71.7 Å². The van der Waals surface area contributed by atoms with Crippen molar-refractivity contribution in [3.63, 3.8) is 0 Å². The molecule has 1 aliphatic rings. The van der Waals surface area contributed by atoms with Crippen molar-refractivity contribution in [3.05, 3.63) is 186 Å². The zero-order valence-electron chi connectivity index (χ0n) is 38.1. The first-order chi connectivity index (χ1) is 28.9. The lowest BCUT2D eigenvalue weighted by Crippen LogP contribution is -2.37. The van der Waals surface area contributed by atoms with Gasteiger partial charge in [0.05, 0.1) is 24.2 Å². The third-order valence-corrected chi connectivity index (χ3v) is 18.7. The molecule has 0 aliphatic heterocycles. The first-order valence-electron chi connectivity index (χ1n) is 21.9. The molecule has 2 nitrogen and oxygen atoms in total. The van der Waals surface area contributed by atoms with E-state index in [0.29, 0.717) is 0 Å². The summed E-state index contributed by atoms with van der Waals surface area (Å²) in [5.41, 5.74) is 14.7. The molecule has 0 bridgehead atoms. The highest BCUT2D eigenvalue weighted by Gasteiger charge is 2.36. The third kappa shape index (κ3) is 8.70. The van der Waals surface area contributed by atoms with Crippen molar-refractivity contribution in [1.29, 1.82) is 0 Å². The Morgan fingerprint density at radius 1 is 0.344 bits per heavy atom. The van der Waals surface area contributed by atoms with Crippen LogP contribution in [0.5, 0.6) is 0 Å². The maximum atomic E-state index is 2.45. The molecule has 0 amide bonds. The summed E-state index contributed by atoms with van der Waals surface area (Å²) >= 11 is 0. The summed E-state index contributed by atoms with van der Waals surface area (Å²) < 4.78 is 0. The van der Waals surface area contributed by atoms with E-state index in [1.807, 2.05) is 0 Å². The molecular weight excluding hydrogens is 785 g/mol. The molecule has 7 aromatic rings. The molecule has 1 aliphatic carbocycles. The minimum absolute atomic E-state index is 0.157. The Morgan fingerprint density at radius 2 is 0.672 bits per heavy atom. The highest BCUT2D eigenvalue weighted by Crippen LogP contribution is 2.51. The van der Waals surface area contributed by atoms with Crippen molar-refractivity contribution in [3.8, 4) is 11.1 Å². The Morgan fingerprint density at radius 3 is 1.11 bits per heavy atom. The molecular formula is C56H62N2Si3. The summed E-state index contributed by atoms with van der Waals surface area (Å²) in [6, 6.07) is 61.7. The van der Waals surface area contributed by atoms with Crippen LogP contribution in [0.15, 0.2) is 164 Å². The van der Waals surface area contributed by atoms with Crippen LogP contribution in [0, 0.1) is 0 Å². The van der Waals surface area contributed by atoms with Crippen LogP contribution in [-0.4, -0.2) is 24.2 Å². The van der Waals surface area contributed by atoms with Crippen LogP contribution in [0.25, 0.3) is 23.3 Å². The van der Waals surface area contributed by atoms with Crippen LogP contribution in [-0.2, 0) is 5.41 Å². The van der Waals surface area contributed by atoms with E-state index < -0.39 is 24.2 Å². The standard InChI is InChI=1S/C56H62N2Si3/c1-56(2)54-39-42(18-17-41-19-22-44(23-20-41)57(43-15-13-12-14-16-43)45-24-31-49(32-25-45)59(3,4)5)21-37-52(54)53-38-30-48(40-55(53)56)58(46-26-33-50(34-27-46)60(6,7)8)47-28-35-51(36-29-47)61(9,10)11/h12-40H,1-11H3/b18-17+. The molecule has 0 radical (unpaired) electrons. The Kier molecular flexibility index (Phi) is 11.1. The van der Waals surface area contributed by atoms with E-state index in [4.69, 9.17) is 0 Å². The highest BCUT2D eigenvalue weighted by molar-refractivity contribution is 6.89. The maximum absolute atomic E-state index is 2.45. The molecule has 0 aromatic heterocycles. The number of benzene rings is 7. The van der Waals surface area contributed by atoms with Crippen LogP contribution >= 0.6 is 0 Å². The van der Waals surface area contributed by atoms with Gasteiger partial charge in [0.25, 0.3) is 0 Å². The van der Waals surface area contributed by atoms with Crippen LogP contribution in [0.2, 0.25) is 58.9 Å². The van der Waals surface area contributed by atoms with Gasteiger partial charge in [-0.05, 0) is 106 Å². The normalized spacial score (nSPS) is 13.6. The second-order valence-electron chi connectivity index (χ2n) is 20.5. The van der Waals surface area contributed by atoms with Gasteiger partial charge in [0.1, 0.15) is 0 Å². The van der Waals surface area contributed by atoms with E-state index in [-0.39, 0.29) is 5.41 Å². The van der Waals surface area contributed by atoms with E-state index in [1.54, 1.807) is 0 Å². The predicted octanol–water partition coefficient (Wildman–Crippen LogP) is 14.7. The second kappa shape index (κ2) is 16.1. The minimum Gasteiger partial charge on any atom is -0.311 e. The van der Waals surface area contributed by atoms with E-state index in [9.17, 15) is 0 Å². The lowest BCUT2D eigenvalue weighted by molar-refractivity contribution is 0.660. The van der Waals surface area contributed by atoms with Gasteiger partial charge in [-0.15, -0.1) is 0 Å². The van der Waals surface area contributed by atoms with Crippen LogP contribution in [0.3, 0.4) is 0 Å². The number of anilines is 6. The molecule has 0 saturated heterocycles. The fourth-order valence-electron chi connectivity index (χ4n) is 8.72.